The first-order valence-electron chi connectivity index (χ1n) is 10.3. The van der Waals surface area contributed by atoms with Gasteiger partial charge < -0.3 is 15.8 Å². The first-order valence-corrected chi connectivity index (χ1v) is 10.3. The number of nitrogens with zero attached hydrogens (tertiary/aromatic N) is 1. The summed E-state index contributed by atoms with van der Waals surface area (Å²) in [6.07, 6.45) is 4.59. The molecule has 2 atom stereocenters. The Morgan fingerprint density at radius 1 is 1.10 bits per heavy atom. The van der Waals surface area contributed by atoms with Crippen LogP contribution in [0.4, 0.5) is 4.79 Å². The van der Waals surface area contributed by atoms with E-state index in [0.29, 0.717) is 19.4 Å². The molecule has 0 spiro atoms. The molecule has 2 aromatic rings. The number of primary amides is 1. The molecular formula is C24H27N3O4. The van der Waals surface area contributed by atoms with Gasteiger partial charge in [-0.2, -0.15) is 0 Å². The molecule has 1 aliphatic heterocycles. The van der Waals surface area contributed by atoms with Crippen molar-refractivity contribution in [1.82, 2.24) is 10.2 Å². The van der Waals surface area contributed by atoms with Gasteiger partial charge >= 0.3 is 6.09 Å². The number of nitrogens with one attached hydrogen (secondary N) is 1. The minimum absolute atomic E-state index is 0.138. The quantitative estimate of drug-likeness (QED) is 0.684. The van der Waals surface area contributed by atoms with Crippen molar-refractivity contribution in [3.63, 3.8) is 0 Å². The Labute approximate surface area is 181 Å². The van der Waals surface area contributed by atoms with Gasteiger partial charge in [-0.25, -0.2) is 4.79 Å². The maximum Gasteiger partial charge on any atom is 0.410 e. The maximum atomic E-state index is 12.8. The molecule has 3 amide bonds. The van der Waals surface area contributed by atoms with Crippen molar-refractivity contribution in [2.24, 2.45) is 5.73 Å². The van der Waals surface area contributed by atoms with Crippen molar-refractivity contribution >= 4 is 24.0 Å². The van der Waals surface area contributed by atoms with E-state index in [2.05, 4.69) is 5.32 Å². The number of ether oxygens (including phenoxy) is 1. The number of rotatable bonds is 8. The van der Waals surface area contributed by atoms with Crippen molar-refractivity contribution in [2.45, 2.75) is 38.0 Å². The zero-order valence-corrected chi connectivity index (χ0v) is 17.3. The lowest BCUT2D eigenvalue weighted by atomic mass is 10.1. The lowest BCUT2D eigenvalue weighted by Crippen LogP contribution is -2.52. The Balaban J connectivity index is 1.55. The van der Waals surface area contributed by atoms with Crippen molar-refractivity contribution in [3.05, 3.63) is 77.9 Å². The molecule has 1 saturated heterocycles. The molecule has 162 valence electrons. The fourth-order valence-corrected chi connectivity index (χ4v) is 3.48. The molecule has 0 radical (unpaired) electrons. The average molecular weight is 421 g/mol. The molecule has 3 rings (SSSR count). The highest BCUT2D eigenvalue weighted by atomic mass is 16.6. The van der Waals surface area contributed by atoms with Crippen LogP contribution in [0, 0.1) is 0 Å². The van der Waals surface area contributed by atoms with Gasteiger partial charge in [0.25, 0.3) is 0 Å². The van der Waals surface area contributed by atoms with Gasteiger partial charge in [-0.1, -0.05) is 72.8 Å². The molecule has 3 N–H and O–H groups in total. The number of likely N-dealkylation sites (tertiary alicyclic amines) is 1. The van der Waals surface area contributed by atoms with E-state index in [1.807, 2.05) is 66.7 Å². The first-order chi connectivity index (χ1) is 15.0. The highest BCUT2D eigenvalue weighted by Gasteiger charge is 2.36. The van der Waals surface area contributed by atoms with Crippen molar-refractivity contribution < 1.29 is 19.1 Å². The van der Waals surface area contributed by atoms with Crippen molar-refractivity contribution in [3.8, 4) is 0 Å². The van der Waals surface area contributed by atoms with Gasteiger partial charge in [0.2, 0.25) is 11.8 Å². The zero-order valence-electron chi connectivity index (χ0n) is 17.3. The summed E-state index contributed by atoms with van der Waals surface area (Å²) in [5.41, 5.74) is 7.33. The molecular weight excluding hydrogens is 394 g/mol. The lowest BCUT2D eigenvalue weighted by molar-refractivity contribution is -0.129. The molecule has 31 heavy (non-hydrogen) atoms. The minimum Gasteiger partial charge on any atom is -0.445 e. The third-order valence-corrected chi connectivity index (χ3v) is 5.14. The van der Waals surface area contributed by atoms with Crippen LogP contribution in [0.25, 0.3) is 6.08 Å². The summed E-state index contributed by atoms with van der Waals surface area (Å²) < 4.78 is 5.36. The van der Waals surface area contributed by atoms with E-state index in [9.17, 15) is 14.4 Å². The summed E-state index contributed by atoms with van der Waals surface area (Å²) in [7, 11) is 0. The number of nitrogens with two attached hydrogens (primary N) is 1. The van der Waals surface area contributed by atoms with Gasteiger partial charge in [-0.05, 0) is 30.4 Å². The second-order valence-corrected chi connectivity index (χ2v) is 7.40. The van der Waals surface area contributed by atoms with Gasteiger partial charge in [0.15, 0.2) is 0 Å². The SMILES string of the molecule is NC(=O)[C@H](C/C=C/c1ccccc1)NC(=O)[C@H]1CCCN1C(=O)OCc1ccccc1. The molecule has 0 aliphatic carbocycles. The molecule has 0 saturated carbocycles. The monoisotopic (exact) mass is 421 g/mol. The van der Waals surface area contributed by atoms with Crippen LogP contribution in [0.3, 0.4) is 0 Å². The molecule has 0 aromatic heterocycles. The van der Waals surface area contributed by atoms with Gasteiger partial charge in [0.1, 0.15) is 18.7 Å². The Kier molecular flexibility index (Phi) is 7.81. The fourth-order valence-electron chi connectivity index (χ4n) is 3.48. The van der Waals surface area contributed by atoms with Crippen LogP contribution in [0.5, 0.6) is 0 Å². The van der Waals surface area contributed by atoms with E-state index in [1.54, 1.807) is 6.08 Å². The number of carbonyl (C=O) groups is 3. The van der Waals surface area contributed by atoms with Crippen LogP contribution in [0.2, 0.25) is 0 Å². The number of carbonyl (C=O) groups excluding carboxylic acids is 3. The third kappa shape index (κ3) is 6.44. The largest absolute Gasteiger partial charge is 0.445 e. The molecule has 7 heteroatoms. The zero-order chi connectivity index (χ0) is 22.1. The molecule has 1 heterocycles. The second-order valence-electron chi connectivity index (χ2n) is 7.40. The second kappa shape index (κ2) is 11.0. The predicted molar refractivity (Wildman–Crippen MR) is 118 cm³/mol. The van der Waals surface area contributed by atoms with Crippen molar-refractivity contribution in [2.75, 3.05) is 6.54 Å². The van der Waals surface area contributed by atoms with Gasteiger partial charge in [0, 0.05) is 6.54 Å². The Bertz CT molecular complexity index is 915. The molecule has 0 unspecified atom stereocenters. The molecule has 2 aromatic carbocycles. The van der Waals surface area contributed by atoms with Gasteiger partial charge in [-0.15, -0.1) is 0 Å². The van der Waals surface area contributed by atoms with Crippen LogP contribution in [0.1, 0.15) is 30.4 Å². The van der Waals surface area contributed by atoms with Crippen LogP contribution >= 0.6 is 0 Å². The molecule has 1 fully saturated rings. The normalized spacial score (nSPS) is 16.8. The minimum atomic E-state index is -0.852. The first kappa shape index (κ1) is 22.1. The Morgan fingerprint density at radius 3 is 2.45 bits per heavy atom. The van der Waals surface area contributed by atoms with E-state index < -0.39 is 30.0 Å². The maximum absolute atomic E-state index is 12.8. The summed E-state index contributed by atoms with van der Waals surface area (Å²) in [6.45, 7) is 0.569. The van der Waals surface area contributed by atoms with Crippen LogP contribution in [-0.4, -0.2) is 41.4 Å². The third-order valence-electron chi connectivity index (χ3n) is 5.14. The van der Waals surface area contributed by atoms with E-state index in [1.165, 1.54) is 4.90 Å². The predicted octanol–water partition coefficient (Wildman–Crippen LogP) is 2.86. The summed E-state index contributed by atoms with van der Waals surface area (Å²) >= 11 is 0. The van der Waals surface area contributed by atoms with Gasteiger partial charge in [0.05, 0.1) is 0 Å². The standard InChI is InChI=1S/C24H27N3O4/c25-22(28)20(14-7-13-18-9-3-1-4-10-18)26-23(29)21-15-8-16-27(21)24(30)31-17-19-11-5-2-6-12-19/h1-7,9-13,20-21H,8,14-17H2,(H2,25,28)(H,26,29)/b13-7+/t20-,21+/m0/s1. The van der Waals surface area contributed by atoms with Crippen molar-refractivity contribution in [1.29, 1.82) is 0 Å². The van der Waals surface area contributed by atoms with E-state index in [0.717, 1.165) is 11.1 Å². The fraction of sp³-hybridized carbons (Fsp3) is 0.292. The highest BCUT2D eigenvalue weighted by molar-refractivity contribution is 5.91. The number of amides is 3. The summed E-state index contributed by atoms with van der Waals surface area (Å²) in [5, 5.41) is 2.69. The molecule has 7 nitrogen and oxygen atoms in total. The van der Waals surface area contributed by atoms with Crippen LogP contribution in [0.15, 0.2) is 66.7 Å². The molecule has 1 aliphatic rings. The van der Waals surface area contributed by atoms with E-state index in [4.69, 9.17) is 10.5 Å². The molecule has 0 bridgehead atoms. The van der Waals surface area contributed by atoms with Crippen LogP contribution < -0.4 is 11.1 Å². The topological polar surface area (TPSA) is 102 Å². The smallest absolute Gasteiger partial charge is 0.410 e. The number of hydrogen-bond acceptors (Lipinski definition) is 4. The summed E-state index contributed by atoms with van der Waals surface area (Å²) in [6, 6.07) is 17.4. The summed E-state index contributed by atoms with van der Waals surface area (Å²) in [4.78, 5) is 38.5. The van der Waals surface area contributed by atoms with E-state index in [-0.39, 0.29) is 13.0 Å². The van der Waals surface area contributed by atoms with Gasteiger partial charge in [-0.3, -0.25) is 14.5 Å². The number of benzene rings is 2. The highest BCUT2D eigenvalue weighted by Crippen LogP contribution is 2.19. The van der Waals surface area contributed by atoms with Crippen LogP contribution in [-0.2, 0) is 20.9 Å². The Hall–Kier alpha value is -3.61. The average Bonchev–Trinajstić information content (AvgIpc) is 3.28. The summed E-state index contributed by atoms with van der Waals surface area (Å²) in [5.74, 6) is -1.02. The Morgan fingerprint density at radius 2 is 1.77 bits per heavy atom. The number of hydrogen-bond donors (Lipinski definition) is 2. The lowest BCUT2D eigenvalue weighted by Gasteiger charge is -2.25. The van der Waals surface area contributed by atoms with E-state index >= 15 is 0 Å².